The summed E-state index contributed by atoms with van der Waals surface area (Å²) in [6.45, 7) is 1.58. The van der Waals surface area contributed by atoms with Crippen LogP contribution in [-0.2, 0) is 14.8 Å². The van der Waals surface area contributed by atoms with E-state index in [4.69, 9.17) is 16.3 Å². The summed E-state index contributed by atoms with van der Waals surface area (Å²) in [7, 11) is -3.66. The Kier molecular flexibility index (Phi) is 5.55. The number of nitrogens with one attached hydrogen (secondary N) is 1. The molecule has 0 fully saturated rings. The maximum Gasteiger partial charge on any atom is 0.306 e. The molecule has 0 aromatic heterocycles. The van der Waals surface area contributed by atoms with Gasteiger partial charge in [0.15, 0.2) is 0 Å². The van der Waals surface area contributed by atoms with E-state index in [9.17, 15) is 13.2 Å². The molecule has 0 bridgehead atoms. The molecule has 1 unspecified atom stereocenters. The molecule has 0 radical (unpaired) electrons. The zero-order valence-electron chi connectivity index (χ0n) is 10.9. The van der Waals surface area contributed by atoms with Crippen molar-refractivity contribution < 1.29 is 23.1 Å². The maximum absolute atomic E-state index is 11.9. The second-order valence-corrected chi connectivity index (χ2v) is 5.69. The summed E-state index contributed by atoms with van der Waals surface area (Å²) in [5.74, 6) is 1.71. The number of terminal acetylenes is 1. The Morgan fingerprint density at radius 2 is 2.05 bits per heavy atom. The molecule has 6 nitrogen and oxygen atoms in total. The quantitative estimate of drug-likeness (QED) is 0.728. The summed E-state index contributed by atoms with van der Waals surface area (Å²) in [4.78, 5) is 10.4. The van der Waals surface area contributed by atoms with Gasteiger partial charge in [-0.3, -0.25) is 4.79 Å². The van der Waals surface area contributed by atoms with E-state index in [1.54, 1.807) is 6.92 Å². The van der Waals surface area contributed by atoms with Crippen LogP contribution in [-0.4, -0.2) is 32.1 Å². The number of benzene rings is 1. The molecule has 0 aliphatic rings. The minimum atomic E-state index is -3.66. The molecule has 0 heterocycles. The molecule has 1 aromatic rings. The predicted octanol–water partition coefficient (Wildman–Crippen LogP) is 0.840. The Bertz CT molecular complexity index is 601. The van der Waals surface area contributed by atoms with E-state index in [1.807, 2.05) is 0 Å². The lowest BCUT2D eigenvalue weighted by Crippen LogP contribution is -2.31. The Labute approximate surface area is 117 Å². The molecule has 108 valence electrons. The van der Waals surface area contributed by atoms with E-state index < -0.39 is 22.0 Å². The van der Waals surface area contributed by atoms with Crippen molar-refractivity contribution in [3.63, 3.8) is 0 Å². The molecule has 1 rings (SSSR count). The van der Waals surface area contributed by atoms with Gasteiger partial charge in [-0.1, -0.05) is 5.92 Å². The van der Waals surface area contributed by atoms with E-state index in [0.717, 1.165) is 0 Å². The van der Waals surface area contributed by atoms with Crippen molar-refractivity contribution >= 4 is 16.0 Å². The third-order valence-corrected chi connectivity index (χ3v) is 3.86. The Balaban J connectivity index is 2.71. The molecule has 0 aliphatic carbocycles. The molecule has 0 aliphatic heterocycles. The molecule has 1 atom stereocenters. The largest absolute Gasteiger partial charge is 0.493 e. The molecular formula is C13H15NO5S. The molecule has 0 saturated heterocycles. The number of sulfonamides is 1. The second kappa shape index (κ2) is 6.93. The van der Waals surface area contributed by atoms with Gasteiger partial charge in [0.05, 0.1) is 24.0 Å². The van der Waals surface area contributed by atoms with Gasteiger partial charge in [-0.05, 0) is 31.2 Å². The first kappa shape index (κ1) is 16.0. The molecule has 7 heteroatoms. The van der Waals surface area contributed by atoms with Crippen LogP contribution in [0.4, 0.5) is 0 Å². The minimum Gasteiger partial charge on any atom is -0.493 e. The van der Waals surface area contributed by atoms with Crippen molar-refractivity contribution in [3.05, 3.63) is 24.3 Å². The van der Waals surface area contributed by atoms with Gasteiger partial charge in [-0.25, -0.2) is 8.42 Å². The fourth-order valence-electron chi connectivity index (χ4n) is 1.31. The van der Waals surface area contributed by atoms with E-state index in [1.165, 1.54) is 24.3 Å². The first-order chi connectivity index (χ1) is 9.35. The van der Waals surface area contributed by atoms with Gasteiger partial charge in [0.1, 0.15) is 5.75 Å². The van der Waals surface area contributed by atoms with Crippen LogP contribution in [0.2, 0.25) is 0 Å². The van der Waals surface area contributed by atoms with Crippen molar-refractivity contribution in [2.75, 3.05) is 6.61 Å². The molecular weight excluding hydrogens is 282 g/mol. The highest BCUT2D eigenvalue weighted by Crippen LogP contribution is 2.16. The number of ether oxygens (including phenoxy) is 1. The number of rotatable bonds is 7. The van der Waals surface area contributed by atoms with Crippen LogP contribution in [0.1, 0.15) is 13.3 Å². The van der Waals surface area contributed by atoms with Crippen LogP contribution in [0, 0.1) is 12.3 Å². The van der Waals surface area contributed by atoms with Gasteiger partial charge in [0, 0.05) is 0 Å². The monoisotopic (exact) mass is 297 g/mol. The molecule has 0 saturated carbocycles. The molecule has 2 N–H and O–H groups in total. The average molecular weight is 297 g/mol. The van der Waals surface area contributed by atoms with Crippen molar-refractivity contribution in [1.29, 1.82) is 0 Å². The second-order valence-electron chi connectivity index (χ2n) is 3.97. The average Bonchev–Trinajstić information content (AvgIpc) is 2.38. The van der Waals surface area contributed by atoms with Gasteiger partial charge < -0.3 is 9.84 Å². The van der Waals surface area contributed by atoms with E-state index in [2.05, 4.69) is 10.6 Å². The number of carboxylic acid groups (broad SMARTS) is 1. The Morgan fingerprint density at radius 3 is 2.55 bits per heavy atom. The standard InChI is InChI=1S/C13H15NO5S/c1-3-10(2)14-20(17,18)12-6-4-11(5-7-12)19-9-8-13(15)16/h1,4-7,10,14H,8-9H2,2H3,(H,15,16). The van der Waals surface area contributed by atoms with Crippen molar-refractivity contribution in [2.45, 2.75) is 24.3 Å². The van der Waals surface area contributed by atoms with E-state index in [0.29, 0.717) is 5.75 Å². The fraction of sp³-hybridized carbons (Fsp3) is 0.308. The van der Waals surface area contributed by atoms with E-state index in [-0.39, 0.29) is 17.9 Å². The third kappa shape index (κ3) is 4.91. The molecule has 0 spiro atoms. The zero-order chi connectivity index (χ0) is 15.2. The lowest BCUT2D eigenvalue weighted by molar-refractivity contribution is -0.137. The highest BCUT2D eigenvalue weighted by Gasteiger charge is 2.16. The van der Waals surface area contributed by atoms with Gasteiger partial charge >= 0.3 is 5.97 Å². The summed E-state index contributed by atoms with van der Waals surface area (Å²) in [5.41, 5.74) is 0. The fourth-order valence-corrected chi connectivity index (χ4v) is 2.47. The topological polar surface area (TPSA) is 92.7 Å². The first-order valence-electron chi connectivity index (χ1n) is 5.78. The summed E-state index contributed by atoms with van der Waals surface area (Å²) in [6.07, 6.45) is 4.99. The predicted molar refractivity (Wildman–Crippen MR) is 72.8 cm³/mol. The summed E-state index contributed by atoms with van der Waals surface area (Å²) >= 11 is 0. The van der Waals surface area contributed by atoms with Crippen LogP contribution in [0.3, 0.4) is 0 Å². The van der Waals surface area contributed by atoms with Crippen LogP contribution in [0.5, 0.6) is 5.75 Å². The van der Waals surface area contributed by atoms with Crippen LogP contribution >= 0.6 is 0 Å². The number of carboxylic acids is 1. The van der Waals surface area contributed by atoms with Gasteiger partial charge in [0.25, 0.3) is 0 Å². The highest BCUT2D eigenvalue weighted by atomic mass is 32.2. The van der Waals surface area contributed by atoms with Gasteiger partial charge in [-0.2, -0.15) is 4.72 Å². The molecule has 20 heavy (non-hydrogen) atoms. The van der Waals surface area contributed by atoms with Crippen LogP contribution in [0.25, 0.3) is 0 Å². The van der Waals surface area contributed by atoms with Crippen molar-refractivity contribution in [3.8, 4) is 18.1 Å². The normalized spacial score (nSPS) is 12.4. The summed E-state index contributed by atoms with van der Waals surface area (Å²) < 4.78 is 31.3. The lowest BCUT2D eigenvalue weighted by atomic mass is 10.3. The highest BCUT2D eigenvalue weighted by molar-refractivity contribution is 7.89. The molecule has 1 aromatic carbocycles. The van der Waals surface area contributed by atoms with Crippen molar-refractivity contribution in [2.24, 2.45) is 0 Å². The maximum atomic E-state index is 11.9. The van der Waals surface area contributed by atoms with E-state index >= 15 is 0 Å². The zero-order valence-corrected chi connectivity index (χ0v) is 11.7. The van der Waals surface area contributed by atoms with Crippen LogP contribution < -0.4 is 9.46 Å². The molecule has 0 amide bonds. The first-order valence-corrected chi connectivity index (χ1v) is 7.26. The lowest BCUT2D eigenvalue weighted by Gasteiger charge is -2.10. The Morgan fingerprint density at radius 1 is 1.45 bits per heavy atom. The number of carbonyl (C=O) groups is 1. The summed E-state index contributed by atoms with van der Waals surface area (Å²) in [6, 6.07) is 5.03. The third-order valence-electron chi connectivity index (χ3n) is 2.30. The van der Waals surface area contributed by atoms with Gasteiger partial charge in [-0.15, -0.1) is 6.42 Å². The number of aliphatic carboxylic acids is 1. The van der Waals surface area contributed by atoms with Gasteiger partial charge in [0.2, 0.25) is 10.0 Å². The summed E-state index contributed by atoms with van der Waals surface area (Å²) in [5, 5.41) is 8.47. The minimum absolute atomic E-state index is 0.0216. The SMILES string of the molecule is C#CC(C)NS(=O)(=O)c1ccc(OCCC(=O)O)cc1. The smallest absolute Gasteiger partial charge is 0.306 e. The van der Waals surface area contributed by atoms with Crippen LogP contribution in [0.15, 0.2) is 29.2 Å². The van der Waals surface area contributed by atoms with Crippen molar-refractivity contribution in [1.82, 2.24) is 4.72 Å². The number of hydrogen-bond acceptors (Lipinski definition) is 4. The Hall–Kier alpha value is -2.04. The number of hydrogen-bond donors (Lipinski definition) is 2.